The Bertz CT molecular complexity index is 609. The molecule has 0 unspecified atom stereocenters. The van der Waals surface area contributed by atoms with Crippen molar-refractivity contribution in [3.8, 4) is 0 Å². The molecule has 0 fully saturated rings. The number of Topliss-reactive ketones (excluding diaryl/α,β-unsaturated/α-hetero) is 1. The third kappa shape index (κ3) is 2.98. The summed E-state index contributed by atoms with van der Waals surface area (Å²) in [6.45, 7) is 8.19. The number of hydrogen-bond donors (Lipinski definition) is 0. The van der Waals surface area contributed by atoms with Gasteiger partial charge in [0.2, 0.25) is 0 Å². The zero-order valence-electron chi connectivity index (χ0n) is 12.7. The van der Waals surface area contributed by atoms with Crippen molar-refractivity contribution in [3.63, 3.8) is 0 Å². The van der Waals surface area contributed by atoms with Crippen LogP contribution in [0.4, 0.5) is 0 Å². The summed E-state index contributed by atoms with van der Waals surface area (Å²) in [5.41, 5.74) is 4.24. The Morgan fingerprint density at radius 2 is 1.60 bits per heavy atom. The van der Waals surface area contributed by atoms with Gasteiger partial charge in [-0.25, -0.2) is 0 Å². The summed E-state index contributed by atoms with van der Waals surface area (Å²) in [6.07, 6.45) is 0.489. The fourth-order valence-electron chi connectivity index (χ4n) is 2.34. The van der Waals surface area contributed by atoms with Crippen molar-refractivity contribution in [2.24, 2.45) is 0 Å². The van der Waals surface area contributed by atoms with E-state index in [4.69, 9.17) is 0 Å². The largest absolute Gasteiger partial charge is 0.298 e. The molecule has 0 aromatic heterocycles. The number of hydrogen-bond acceptors (Lipinski definition) is 1. The van der Waals surface area contributed by atoms with Crippen LogP contribution in [-0.2, 0) is 16.6 Å². The number of ketones is 1. The van der Waals surface area contributed by atoms with Crippen LogP contribution in [0, 0.1) is 13.8 Å². The van der Waals surface area contributed by atoms with E-state index in [1.807, 2.05) is 44.2 Å². The molecule has 2 aromatic rings. The van der Waals surface area contributed by atoms with Crippen LogP contribution in [0.3, 0.4) is 0 Å². The molecule has 1 heteroatoms. The summed E-state index contributed by atoms with van der Waals surface area (Å²) in [5, 5.41) is 0. The lowest BCUT2D eigenvalue weighted by Gasteiger charge is -2.24. The van der Waals surface area contributed by atoms with Crippen molar-refractivity contribution in [3.05, 3.63) is 70.8 Å². The van der Waals surface area contributed by atoms with Gasteiger partial charge in [-0.3, -0.25) is 4.79 Å². The summed E-state index contributed by atoms with van der Waals surface area (Å²) < 4.78 is 0. The summed E-state index contributed by atoms with van der Waals surface area (Å²) in [7, 11) is 0. The first-order valence-electron chi connectivity index (χ1n) is 7.06. The smallest absolute Gasteiger partial charge is 0.147 e. The summed E-state index contributed by atoms with van der Waals surface area (Å²) >= 11 is 0. The normalized spacial score (nSPS) is 11.4. The number of benzene rings is 2. The maximum Gasteiger partial charge on any atom is 0.147 e. The Balaban J connectivity index is 2.21. The molecule has 0 aliphatic carbocycles. The van der Waals surface area contributed by atoms with Gasteiger partial charge in [0.25, 0.3) is 0 Å². The van der Waals surface area contributed by atoms with Crippen LogP contribution in [0.5, 0.6) is 0 Å². The van der Waals surface area contributed by atoms with E-state index in [2.05, 4.69) is 32.0 Å². The zero-order valence-corrected chi connectivity index (χ0v) is 12.7. The Morgan fingerprint density at radius 3 is 2.20 bits per heavy atom. The maximum absolute atomic E-state index is 12.6. The molecule has 2 rings (SSSR count). The molecule has 2 aromatic carbocycles. The van der Waals surface area contributed by atoms with Crippen LogP contribution in [0.25, 0.3) is 0 Å². The topological polar surface area (TPSA) is 17.1 Å². The molecular weight excluding hydrogens is 244 g/mol. The van der Waals surface area contributed by atoms with Gasteiger partial charge in [0.1, 0.15) is 5.78 Å². The monoisotopic (exact) mass is 266 g/mol. The summed E-state index contributed by atoms with van der Waals surface area (Å²) in [5.74, 6) is 0.256. The van der Waals surface area contributed by atoms with Crippen molar-refractivity contribution in [1.29, 1.82) is 0 Å². The molecule has 0 saturated heterocycles. The fourth-order valence-corrected chi connectivity index (χ4v) is 2.34. The van der Waals surface area contributed by atoms with Gasteiger partial charge in [-0.1, -0.05) is 48.5 Å². The zero-order chi connectivity index (χ0) is 14.8. The minimum atomic E-state index is -0.444. The van der Waals surface area contributed by atoms with Crippen molar-refractivity contribution in [2.75, 3.05) is 0 Å². The van der Waals surface area contributed by atoms with Crippen LogP contribution in [-0.4, -0.2) is 5.78 Å². The van der Waals surface area contributed by atoms with Gasteiger partial charge >= 0.3 is 0 Å². The van der Waals surface area contributed by atoms with E-state index in [1.54, 1.807) is 0 Å². The molecule has 20 heavy (non-hydrogen) atoms. The average Bonchev–Trinajstić information content (AvgIpc) is 2.44. The second kappa shape index (κ2) is 5.62. The van der Waals surface area contributed by atoms with E-state index in [9.17, 15) is 4.79 Å². The van der Waals surface area contributed by atoms with E-state index in [1.165, 1.54) is 11.1 Å². The molecule has 0 aliphatic rings. The van der Waals surface area contributed by atoms with Crippen LogP contribution in [0.1, 0.15) is 36.1 Å². The molecule has 0 heterocycles. The number of aryl methyl sites for hydroxylation is 2. The lowest BCUT2D eigenvalue weighted by Crippen LogP contribution is -2.30. The molecular formula is C19H22O. The van der Waals surface area contributed by atoms with Gasteiger partial charge in [-0.15, -0.1) is 0 Å². The molecule has 0 aliphatic heterocycles. The molecule has 1 nitrogen and oxygen atoms in total. The van der Waals surface area contributed by atoms with Crippen molar-refractivity contribution in [1.82, 2.24) is 0 Å². The molecule has 0 spiro atoms. The number of carbonyl (C=O) groups excluding carboxylic acids is 1. The van der Waals surface area contributed by atoms with Crippen LogP contribution in [0.2, 0.25) is 0 Å². The molecule has 0 atom stereocenters. The predicted octanol–water partition coefficient (Wildman–Crippen LogP) is 4.39. The summed E-state index contributed by atoms with van der Waals surface area (Å²) in [4.78, 5) is 12.6. The maximum atomic E-state index is 12.6. The number of rotatable bonds is 4. The number of carbonyl (C=O) groups is 1. The van der Waals surface area contributed by atoms with E-state index in [0.717, 1.165) is 11.1 Å². The second-order valence-electron chi connectivity index (χ2n) is 6.01. The molecule has 0 saturated carbocycles. The molecule has 0 N–H and O–H groups in total. The molecule has 0 amide bonds. The lowest BCUT2D eigenvalue weighted by molar-refractivity contribution is -0.122. The first kappa shape index (κ1) is 14.5. The lowest BCUT2D eigenvalue weighted by atomic mass is 9.78. The van der Waals surface area contributed by atoms with Gasteiger partial charge in [0.15, 0.2) is 0 Å². The van der Waals surface area contributed by atoms with Gasteiger partial charge in [0.05, 0.1) is 0 Å². The Labute approximate surface area is 121 Å². The first-order valence-corrected chi connectivity index (χ1v) is 7.06. The van der Waals surface area contributed by atoms with Crippen molar-refractivity contribution in [2.45, 2.75) is 39.5 Å². The van der Waals surface area contributed by atoms with Crippen LogP contribution >= 0.6 is 0 Å². The van der Waals surface area contributed by atoms with Crippen LogP contribution in [0.15, 0.2) is 48.5 Å². The standard InChI is InChI=1S/C19H22O/c1-14-10-11-16(12-15(14)2)13-18(20)19(3,4)17-8-6-5-7-9-17/h5-12H,13H2,1-4H3. The van der Waals surface area contributed by atoms with Gasteiger partial charge in [-0.2, -0.15) is 0 Å². The quantitative estimate of drug-likeness (QED) is 0.802. The highest BCUT2D eigenvalue weighted by Gasteiger charge is 2.29. The van der Waals surface area contributed by atoms with E-state index >= 15 is 0 Å². The predicted molar refractivity (Wildman–Crippen MR) is 84.1 cm³/mol. The highest BCUT2D eigenvalue weighted by atomic mass is 16.1. The Morgan fingerprint density at radius 1 is 0.950 bits per heavy atom. The van der Waals surface area contributed by atoms with Crippen LogP contribution < -0.4 is 0 Å². The Kier molecular flexibility index (Phi) is 4.08. The SMILES string of the molecule is Cc1ccc(CC(=O)C(C)(C)c2ccccc2)cc1C. The second-order valence-corrected chi connectivity index (χ2v) is 6.01. The first-order chi connectivity index (χ1) is 9.41. The summed E-state index contributed by atoms with van der Waals surface area (Å²) in [6, 6.07) is 16.3. The van der Waals surface area contributed by atoms with E-state index in [0.29, 0.717) is 6.42 Å². The highest BCUT2D eigenvalue weighted by Crippen LogP contribution is 2.26. The highest BCUT2D eigenvalue weighted by molar-refractivity contribution is 5.91. The average molecular weight is 266 g/mol. The molecule has 104 valence electrons. The molecule has 0 radical (unpaired) electrons. The minimum absolute atomic E-state index is 0.256. The minimum Gasteiger partial charge on any atom is -0.298 e. The van der Waals surface area contributed by atoms with Crippen molar-refractivity contribution >= 4 is 5.78 Å². The van der Waals surface area contributed by atoms with Gasteiger partial charge in [0, 0.05) is 11.8 Å². The van der Waals surface area contributed by atoms with E-state index < -0.39 is 5.41 Å². The van der Waals surface area contributed by atoms with Gasteiger partial charge in [-0.05, 0) is 49.9 Å². The fraction of sp³-hybridized carbons (Fsp3) is 0.316. The van der Waals surface area contributed by atoms with Gasteiger partial charge < -0.3 is 0 Å². The third-order valence-electron chi connectivity index (χ3n) is 4.13. The third-order valence-corrected chi connectivity index (χ3v) is 4.13. The van der Waals surface area contributed by atoms with E-state index in [-0.39, 0.29) is 5.78 Å². The Hall–Kier alpha value is -1.89. The molecule has 0 bridgehead atoms. The van der Waals surface area contributed by atoms with Crippen molar-refractivity contribution < 1.29 is 4.79 Å².